The van der Waals surface area contributed by atoms with Crippen molar-refractivity contribution in [3.8, 4) is 0 Å². The first kappa shape index (κ1) is 12.0. The van der Waals surface area contributed by atoms with Crippen LogP contribution in [0.4, 0.5) is 5.82 Å². The summed E-state index contributed by atoms with van der Waals surface area (Å²) >= 11 is 0. The number of nitrogens with zero attached hydrogens (tertiary/aromatic N) is 1. The van der Waals surface area contributed by atoms with Crippen LogP contribution in [0.5, 0.6) is 0 Å². The average Bonchev–Trinajstić information content (AvgIpc) is 3.18. The van der Waals surface area contributed by atoms with Crippen LogP contribution in [-0.4, -0.2) is 16.1 Å². The SMILES string of the molecule is Cc1[nH]nc(NC(=O)C2CC2c2ccccc2)c1C. The van der Waals surface area contributed by atoms with Gasteiger partial charge in [0.05, 0.1) is 0 Å². The molecule has 0 aliphatic heterocycles. The van der Waals surface area contributed by atoms with Crippen molar-refractivity contribution in [2.75, 3.05) is 5.32 Å². The van der Waals surface area contributed by atoms with Gasteiger partial charge in [-0.2, -0.15) is 5.10 Å². The van der Waals surface area contributed by atoms with Crippen LogP contribution >= 0.6 is 0 Å². The number of anilines is 1. The number of carbonyl (C=O) groups excluding carboxylic acids is 1. The number of aryl methyl sites for hydroxylation is 1. The summed E-state index contributed by atoms with van der Waals surface area (Å²) < 4.78 is 0. The zero-order valence-electron chi connectivity index (χ0n) is 11.1. The Hall–Kier alpha value is -2.10. The molecular weight excluding hydrogens is 238 g/mol. The molecule has 1 aliphatic carbocycles. The highest BCUT2D eigenvalue weighted by atomic mass is 16.2. The van der Waals surface area contributed by atoms with E-state index in [1.54, 1.807) is 0 Å². The maximum absolute atomic E-state index is 12.2. The predicted octanol–water partition coefficient (Wildman–Crippen LogP) is 2.77. The van der Waals surface area contributed by atoms with Gasteiger partial charge < -0.3 is 5.32 Å². The molecular formula is C15H17N3O. The van der Waals surface area contributed by atoms with E-state index in [0.29, 0.717) is 11.7 Å². The molecule has 0 saturated heterocycles. The molecule has 3 rings (SSSR count). The van der Waals surface area contributed by atoms with Gasteiger partial charge in [0.1, 0.15) is 0 Å². The van der Waals surface area contributed by atoms with Crippen molar-refractivity contribution in [2.45, 2.75) is 26.2 Å². The molecule has 0 spiro atoms. The minimum Gasteiger partial charge on any atom is -0.309 e. The lowest BCUT2D eigenvalue weighted by molar-refractivity contribution is -0.117. The molecule has 0 bridgehead atoms. The smallest absolute Gasteiger partial charge is 0.229 e. The Balaban J connectivity index is 1.66. The normalized spacial score (nSPS) is 21.2. The first-order valence-corrected chi connectivity index (χ1v) is 6.54. The third kappa shape index (κ3) is 2.26. The Morgan fingerprint density at radius 1 is 1.32 bits per heavy atom. The van der Waals surface area contributed by atoms with E-state index in [9.17, 15) is 4.79 Å². The molecule has 4 nitrogen and oxygen atoms in total. The van der Waals surface area contributed by atoms with E-state index in [2.05, 4.69) is 27.6 Å². The molecule has 2 unspecified atom stereocenters. The Labute approximate surface area is 112 Å². The lowest BCUT2D eigenvalue weighted by atomic mass is 10.1. The quantitative estimate of drug-likeness (QED) is 0.886. The first-order valence-electron chi connectivity index (χ1n) is 6.54. The number of nitrogens with one attached hydrogen (secondary N) is 2. The lowest BCUT2D eigenvalue weighted by Gasteiger charge is -2.03. The van der Waals surface area contributed by atoms with E-state index in [1.807, 2.05) is 32.0 Å². The minimum absolute atomic E-state index is 0.0726. The van der Waals surface area contributed by atoms with Gasteiger partial charge in [-0.05, 0) is 31.7 Å². The van der Waals surface area contributed by atoms with Crippen molar-refractivity contribution >= 4 is 11.7 Å². The molecule has 98 valence electrons. The van der Waals surface area contributed by atoms with Gasteiger partial charge in [-0.25, -0.2) is 0 Å². The summed E-state index contributed by atoms with van der Waals surface area (Å²) in [4.78, 5) is 12.2. The second-order valence-electron chi connectivity index (χ2n) is 5.17. The minimum atomic E-state index is 0.0726. The van der Waals surface area contributed by atoms with Gasteiger partial charge >= 0.3 is 0 Å². The molecule has 1 heterocycles. The summed E-state index contributed by atoms with van der Waals surface area (Å²) in [5, 5.41) is 9.90. The topological polar surface area (TPSA) is 57.8 Å². The maximum Gasteiger partial charge on any atom is 0.229 e. The van der Waals surface area contributed by atoms with Crippen LogP contribution in [0.3, 0.4) is 0 Å². The van der Waals surface area contributed by atoms with E-state index in [4.69, 9.17) is 0 Å². The van der Waals surface area contributed by atoms with Gasteiger partial charge in [-0.15, -0.1) is 0 Å². The van der Waals surface area contributed by atoms with Gasteiger partial charge in [0.2, 0.25) is 5.91 Å². The van der Waals surface area contributed by atoms with Crippen LogP contribution in [0.1, 0.15) is 29.2 Å². The monoisotopic (exact) mass is 255 g/mol. The van der Waals surface area contributed by atoms with Crippen LogP contribution in [0.25, 0.3) is 0 Å². The van der Waals surface area contributed by atoms with Crippen molar-refractivity contribution < 1.29 is 4.79 Å². The van der Waals surface area contributed by atoms with Gasteiger partial charge in [-0.1, -0.05) is 30.3 Å². The van der Waals surface area contributed by atoms with Gasteiger partial charge in [0.15, 0.2) is 5.82 Å². The molecule has 1 aromatic heterocycles. The highest BCUT2D eigenvalue weighted by Gasteiger charge is 2.44. The van der Waals surface area contributed by atoms with Crippen LogP contribution in [0.15, 0.2) is 30.3 Å². The number of amides is 1. The molecule has 1 amide bonds. The van der Waals surface area contributed by atoms with Crippen molar-refractivity contribution in [3.63, 3.8) is 0 Å². The second kappa shape index (κ2) is 4.53. The molecule has 1 fully saturated rings. The standard InChI is InChI=1S/C15H17N3O/c1-9-10(2)17-18-14(9)16-15(19)13-8-12(13)11-6-4-3-5-7-11/h3-7,12-13H,8H2,1-2H3,(H2,16,17,18,19). The first-order chi connectivity index (χ1) is 9.16. The number of carbonyl (C=O) groups is 1. The number of rotatable bonds is 3. The molecule has 0 radical (unpaired) electrons. The van der Waals surface area contributed by atoms with Crippen molar-refractivity contribution in [2.24, 2.45) is 5.92 Å². The summed E-state index contributed by atoms with van der Waals surface area (Å²) in [7, 11) is 0. The van der Waals surface area contributed by atoms with E-state index < -0.39 is 0 Å². The number of H-pyrrole nitrogens is 1. The highest BCUT2D eigenvalue weighted by molar-refractivity contribution is 5.95. The summed E-state index contributed by atoms with van der Waals surface area (Å²) in [5.74, 6) is 1.17. The molecule has 4 heteroatoms. The summed E-state index contributed by atoms with van der Waals surface area (Å²) in [5.41, 5.74) is 3.24. The number of aromatic nitrogens is 2. The Morgan fingerprint density at radius 3 is 2.68 bits per heavy atom. The predicted molar refractivity (Wildman–Crippen MR) is 74.0 cm³/mol. The Kier molecular flexibility index (Phi) is 2.85. The zero-order chi connectivity index (χ0) is 13.4. The number of hydrogen-bond donors (Lipinski definition) is 2. The Bertz CT molecular complexity index is 603. The summed E-state index contributed by atoms with van der Waals surface area (Å²) in [6.07, 6.45) is 0.929. The van der Waals surface area contributed by atoms with E-state index in [-0.39, 0.29) is 11.8 Å². The van der Waals surface area contributed by atoms with Crippen molar-refractivity contribution in [3.05, 3.63) is 47.2 Å². The third-order valence-electron chi connectivity index (χ3n) is 3.85. The molecule has 2 atom stereocenters. The fraction of sp³-hybridized carbons (Fsp3) is 0.333. The summed E-state index contributed by atoms with van der Waals surface area (Å²) in [6, 6.07) is 10.2. The molecule has 1 aromatic carbocycles. The fourth-order valence-electron chi connectivity index (χ4n) is 2.37. The van der Waals surface area contributed by atoms with Crippen LogP contribution < -0.4 is 5.32 Å². The van der Waals surface area contributed by atoms with Gasteiger partial charge in [-0.3, -0.25) is 9.89 Å². The molecule has 2 aromatic rings. The molecule has 2 N–H and O–H groups in total. The van der Waals surface area contributed by atoms with E-state index in [0.717, 1.165) is 17.7 Å². The van der Waals surface area contributed by atoms with E-state index >= 15 is 0 Å². The zero-order valence-corrected chi connectivity index (χ0v) is 11.1. The van der Waals surface area contributed by atoms with Gasteiger partial charge in [0, 0.05) is 17.2 Å². The summed E-state index contributed by atoms with van der Waals surface area (Å²) in [6.45, 7) is 3.90. The number of benzene rings is 1. The molecule has 1 saturated carbocycles. The number of aromatic amines is 1. The van der Waals surface area contributed by atoms with Crippen LogP contribution in [0.2, 0.25) is 0 Å². The number of hydrogen-bond acceptors (Lipinski definition) is 2. The fourth-order valence-corrected chi connectivity index (χ4v) is 2.37. The average molecular weight is 255 g/mol. The van der Waals surface area contributed by atoms with Crippen LogP contribution in [0, 0.1) is 19.8 Å². The second-order valence-corrected chi connectivity index (χ2v) is 5.17. The van der Waals surface area contributed by atoms with Crippen molar-refractivity contribution in [1.29, 1.82) is 0 Å². The molecule has 1 aliphatic rings. The van der Waals surface area contributed by atoms with Gasteiger partial charge in [0.25, 0.3) is 0 Å². The lowest BCUT2D eigenvalue weighted by Crippen LogP contribution is -2.15. The largest absolute Gasteiger partial charge is 0.309 e. The van der Waals surface area contributed by atoms with Crippen LogP contribution in [-0.2, 0) is 4.79 Å². The maximum atomic E-state index is 12.2. The van der Waals surface area contributed by atoms with E-state index in [1.165, 1.54) is 5.56 Å². The Morgan fingerprint density at radius 2 is 2.05 bits per heavy atom. The van der Waals surface area contributed by atoms with Crippen molar-refractivity contribution in [1.82, 2.24) is 10.2 Å². The highest BCUT2D eigenvalue weighted by Crippen LogP contribution is 2.47. The third-order valence-corrected chi connectivity index (χ3v) is 3.85. The molecule has 19 heavy (non-hydrogen) atoms.